The summed E-state index contributed by atoms with van der Waals surface area (Å²) in [5.74, 6) is 0. The number of hydrogen-bond acceptors (Lipinski definition) is 3. The van der Waals surface area contributed by atoms with Gasteiger partial charge in [0.15, 0.2) is 0 Å². The molecule has 0 spiro atoms. The number of aliphatic hydroxyl groups is 1. The maximum atomic E-state index is 10.3. The predicted octanol–water partition coefficient (Wildman–Crippen LogP) is 2.13. The summed E-state index contributed by atoms with van der Waals surface area (Å²) in [5.41, 5.74) is 0.408. The van der Waals surface area contributed by atoms with Crippen LogP contribution in [-0.4, -0.2) is 17.8 Å². The van der Waals surface area contributed by atoms with Crippen LogP contribution in [0.3, 0.4) is 0 Å². The van der Waals surface area contributed by atoms with E-state index in [1.165, 1.54) is 0 Å². The largest absolute Gasteiger partial charge is 0.385 e. The van der Waals surface area contributed by atoms with E-state index >= 15 is 0 Å². The molecule has 0 amide bonds. The molecule has 1 aliphatic rings. The fourth-order valence-electron chi connectivity index (χ4n) is 1.86. The van der Waals surface area contributed by atoms with Crippen LogP contribution in [0.25, 0.3) is 0 Å². The first-order valence-corrected chi connectivity index (χ1v) is 5.52. The third kappa shape index (κ3) is 1.77. The molecule has 2 atom stereocenters. The van der Waals surface area contributed by atoms with E-state index in [0.717, 1.165) is 5.56 Å². The van der Waals surface area contributed by atoms with E-state index in [9.17, 15) is 5.11 Å². The highest BCUT2D eigenvalue weighted by Gasteiger charge is 2.35. The second-order valence-electron chi connectivity index (χ2n) is 3.68. The average molecular weight is 198 g/mol. The Labute approximate surface area is 82.2 Å². The molecule has 0 radical (unpaired) electrons. The summed E-state index contributed by atoms with van der Waals surface area (Å²) >= 11 is 1.63. The van der Waals surface area contributed by atoms with Crippen molar-refractivity contribution in [1.82, 2.24) is 0 Å². The van der Waals surface area contributed by atoms with Gasteiger partial charge in [-0.15, -0.1) is 0 Å². The van der Waals surface area contributed by atoms with Crippen LogP contribution in [0.4, 0.5) is 0 Å². The van der Waals surface area contributed by atoms with Gasteiger partial charge in [-0.25, -0.2) is 0 Å². The molecular weight excluding hydrogens is 184 g/mol. The van der Waals surface area contributed by atoms with Crippen molar-refractivity contribution in [2.45, 2.75) is 31.5 Å². The molecule has 72 valence electrons. The van der Waals surface area contributed by atoms with Crippen molar-refractivity contribution in [1.29, 1.82) is 0 Å². The van der Waals surface area contributed by atoms with Crippen molar-refractivity contribution in [2.24, 2.45) is 0 Å². The highest BCUT2D eigenvalue weighted by Crippen LogP contribution is 2.35. The summed E-state index contributed by atoms with van der Waals surface area (Å²) in [6, 6.07) is 2.00. The first-order valence-electron chi connectivity index (χ1n) is 4.57. The lowest BCUT2D eigenvalue weighted by Crippen LogP contribution is -2.37. The van der Waals surface area contributed by atoms with E-state index < -0.39 is 5.60 Å². The van der Waals surface area contributed by atoms with Crippen molar-refractivity contribution in [3.63, 3.8) is 0 Å². The maximum absolute atomic E-state index is 10.3. The number of rotatable bonds is 1. The van der Waals surface area contributed by atoms with Gasteiger partial charge < -0.3 is 9.84 Å². The zero-order valence-electron chi connectivity index (χ0n) is 7.69. The van der Waals surface area contributed by atoms with Crippen LogP contribution < -0.4 is 0 Å². The second-order valence-corrected chi connectivity index (χ2v) is 4.46. The number of hydrogen-bond donors (Lipinski definition) is 1. The Morgan fingerprint density at radius 2 is 2.54 bits per heavy atom. The highest BCUT2D eigenvalue weighted by molar-refractivity contribution is 7.08. The third-order valence-corrected chi connectivity index (χ3v) is 3.28. The molecule has 3 heteroatoms. The van der Waals surface area contributed by atoms with Gasteiger partial charge in [0.05, 0.1) is 18.3 Å². The molecule has 0 aliphatic carbocycles. The van der Waals surface area contributed by atoms with Crippen molar-refractivity contribution in [2.75, 3.05) is 6.61 Å². The number of thiophene rings is 1. The molecule has 2 rings (SSSR count). The van der Waals surface area contributed by atoms with Gasteiger partial charge in [-0.1, -0.05) is 0 Å². The van der Waals surface area contributed by atoms with Crippen LogP contribution in [0.2, 0.25) is 0 Å². The van der Waals surface area contributed by atoms with Crippen LogP contribution in [0.5, 0.6) is 0 Å². The van der Waals surface area contributed by atoms with Crippen LogP contribution in [0, 0.1) is 0 Å². The van der Waals surface area contributed by atoms with Crippen LogP contribution in [0.15, 0.2) is 16.8 Å². The van der Waals surface area contributed by atoms with Gasteiger partial charge in [-0.3, -0.25) is 0 Å². The molecule has 0 bridgehead atoms. The standard InChI is InChI=1S/C10H14O2S/c1-8-6-10(11,3-4-12-8)9-2-5-13-7-9/h2,5,7-8,11H,3-4,6H2,1H3/t8-,10+/m0/s1. The van der Waals surface area contributed by atoms with Gasteiger partial charge in [-0.2, -0.15) is 11.3 Å². The maximum Gasteiger partial charge on any atom is 0.0951 e. The Balaban J connectivity index is 2.20. The molecule has 1 saturated heterocycles. The third-order valence-electron chi connectivity index (χ3n) is 2.60. The summed E-state index contributed by atoms with van der Waals surface area (Å²) < 4.78 is 5.41. The Morgan fingerprint density at radius 3 is 3.15 bits per heavy atom. The monoisotopic (exact) mass is 198 g/mol. The van der Waals surface area contributed by atoms with Gasteiger partial charge in [-0.05, 0) is 29.3 Å². The van der Waals surface area contributed by atoms with Gasteiger partial charge in [0.2, 0.25) is 0 Å². The molecular formula is C10H14O2S. The summed E-state index contributed by atoms with van der Waals surface area (Å²) in [4.78, 5) is 0. The molecule has 2 heterocycles. The van der Waals surface area contributed by atoms with Gasteiger partial charge in [0.1, 0.15) is 0 Å². The lowest BCUT2D eigenvalue weighted by Gasteiger charge is -2.35. The Bertz CT molecular complexity index is 270. The molecule has 1 aromatic rings. The van der Waals surface area contributed by atoms with E-state index in [0.29, 0.717) is 19.4 Å². The smallest absolute Gasteiger partial charge is 0.0951 e. The zero-order valence-corrected chi connectivity index (χ0v) is 8.51. The van der Waals surface area contributed by atoms with Gasteiger partial charge in [0, 0.05) is 12.8 Å². The molecule has 1 fully saturated rings. The van der Waals surface area contributed by atoms with Crippen LogP contribution >= 0.6 is 11.3 Å². The summed E-state index contributed by atoms with van der Waals surface area (Å²) in [7, 11) is 0. The quantitative estimate of drug-likeness (QED) is 0.749. The molecule has 0 unspecified atom stereocenters. The number of ether oxygens (including phenoxy) is 1. The molecule has 0 aromatic carbocycles. The SMILES string of the molecule is C[C@H]1C[C@@](O)(c2ccsc2)CCO1. The molecule has 1 aliphatic heterocycles. The molecule has 2 nitrogen and oxygen atoms in total. The Kier molecular flexibility index (Phi) is 2.41. The van der Waals surface area contributed by atoms with E-state index in [2.05, 4.69) is 0 Å². The first-order chi connectivity index (χ1) is 6.21. The van der Waals surface area contributed by atoms with Crippen molar-refractivity contribution < 1.29 is 9.84 Å². The van der Waals surface area contributed by atoms with Gasteiger partial charge in [0.25, 0.3) is 0 Å². The fraction of sp³-hybridized carbons (Fsp3) is 0.600. The van der Waals surface area contributed by atoms with E-state index in [1.54, 1.807) is 11.3 Å². The normalized spacial score (nSPS) is 34.8. The first kappa shape index (κ1) is 9.19. The van der Waals surface area contributed by atoms with Crippen LogP contribution in [0.1, 0.15) is 25.3 Å². The van der Waals surface area contributed by atoms with E-state index in [4.69, 9.17) is 4.74 Å². The predicted molar refractivity (Wildman–Crippen MR) is 52.9 cm³/mol. The van der Waals surface area contributed by atoms with Gasteiger partial charge >= 0.3 is 0 Å². The van der Waals surface area contributed by atoms with Crippen molar-refractivity contribution in [3.05, 3.63) is 22.4 Å². The van der Waals surface area contributed by atoms with E-state index in [1.807, 2.05) is 23.8 Å². The van der Waals surface area contributed by atoms with E-state index in [-0.39, 0.29) is 6.10 Å². The van der Waals surface area contributed by atoms with Crippen molar-refractivity contribution >= 4 is 11.3 Å². The molecule has 1 N–H and O–H groups in total. The summed E-state index contributed by atoms with van der Waals surface area (Å²) in [6.45, 7) is 2.67. The fourth-order valence-corrected chi connectivity index (χ4v) is 2.61. The molecule has 1 aromatic heterocycles. The second kappa shape index (κ2) is 3.40. The minimum atomic E-state index is -0.641. The zero-order chi connectivity index (χ0) is 9.31. The Morgan fingerprint density at radius 1 is 1.69 bits per heavy atom. The minimum absolute atomic E-state index is 0.165. The van der Waals surface area contributed by atoms with Crippen LogP contribution in [-0.2, 0) is 10.3 Å². The lowest BCUT2D eigenvalue weighted by molar-refractivity contribution is -0.101. The Hall–Kier alpha value is -0.380. The summed E-state index contributed by atoms with van der Waals surface area (Å²) in [6.07, 6.45) is 1.59. The highest BCUT2D eigenvalue weighted by atomic mass is 32.1. The van der Waals surface area contributed by atoms with Crippen molar-refractivity contribution in [3.8, 4) is 0 Å². The average Bonchev–Trinajstić information content (AvgIpc) is 2.55. The summed E-state index contributed by atoms with van der Waals surface area (Å²) in [5, 5.41) is 14.4. The molecule has 13 heavy (non-hydrogen) atoms. The molecule has 0 saturated carbocycles. The topological polar surface area (TPSA) is 29.5 Å². The lowest BCUT2D eigenvalue weighted by atomic mass is 9.86. The minimum Gasteiger partial charge on any atom is -0.385 e.